The number of H-pyrrole nitrogens is 1. The van der Waals surface area contributed by atoms with Crippen LogP contribution in [0.4, 0.5) is 0 Å². The maximum atomic E-state index is 11.6. The minimum atomic E-state index is -0.270. The van der Waals surface area contributed by atoms with Gasteiger partial charge in [-0.25, -0.2) is 0 Å². The molecule has 0 aromatic carbocycles. The van der Waals surface area contributed by atoms with Crippen LogP contribution in [0, 0.1) is 6.92 Å². The molecule has 0 atom stereocenters. The number of aromatic amines is 1. The van der Waals surface area contributed by atoms with Crippen LogP contribution in [0.2, 0.25) is 0 Å². The fourth-order valence-electron chi connectivity index (χ4n) is 1.21. The molecule has 0 bridgehead atoms. The van der Waals surface area contributed by atoms with Gasteiger partial charge in [-0.3, -0.25) is 14.7 Å². The van der Waals surface area contributed by atoms with Crippen molar-refractivity contribution in [3.8, 4) is 0 Å². The first kappa shape index (κ1) is 12.2. The highest BCUT2D eigenvalue weighted by Gasteiger charge is 2.09. The van der Waals surface area contributed by atoms with Crippen LogP contribution in [-0.4, -0.2) is 35.7 Å². The number of esters is 1. The normalized spacial score (nSPS) is 9.88. The van der Waals surface area contributed by atoms with Crippen LogP contribution in [0.5, 0.6) is 0 Å². The molecule has 0 saturated heterocycles. The van der Waals surface area contributed by atoms with Crippen molar-refractivity contribution >= 4 is 11.9 Å². The number of carbonyl (C=O) groups excluding carboxylic acids is 2. The molecular weight excluding hydrogens is 210 g/mol. The zero-order valence-electron chi connectivity index (χ0n) is 9.37. The van der Waals surface area contributed by atoms with Crippen molar-refractivity contribution in [3.63, 3.8) is 0 Å². The van der Waals surface area contributed by atoms with Crippen LogP contribution in [-0.2, 0) is 9.53 Å². The summed E-state index contributed by atoms with van der Waals surface area (Å²) in [7, 11) is 1.34. The average molecular weight is 225 g/mol. The zero-order valence-corrected chi connectivity index (χ0v) is 9.37. The van der Waals surface area contributed by atoms with Crippen LogP contribution in [0.15, 0.2) is 6.20 Å². The third-order valence-corrected chi connectivity index (χ3v) is 2.15. The molecule has 16 heavy (non-hydrogen) atoms. The van der Waals surface area contributed by atoms with Crippen LogP contribution in [0.1, 0.15) is 28.9 Å². The van der Waals surface area contributed by atoms with Gasteiger partial charge in [0.15, 0.2) is 0 Å². The van der Waals surface area contributed by atoms with Gasteiger partial charge in [-0.2, -0.15) is 5.10 Å². The Balaban J connectivity index is 2.26. The second-order valence-electron chi connectivity index (χ2n) is 3.34. The van der Waals surface area contributed by atoms with Gasteiger partial charge in [0.05, 0.1) is 18.9 Å². The molecule has 0 aliphatic carbocycles. The van der Waals surface area contributed by atoms with Gasteiger partial charge in [0.25, 0.3) is 5.91 Å². The fourth-order valence-corrected chi connectivity index (χ4v) is 1.21. The van der Waals surface area contributed by atoms with Crippen molar-refractivity contribution in [1.82, 2.24) is 15.5 Å². The van der Waals surface area contributed by atoms with E-state index in [1.165, 1.54) is 13.3 Å². The minimum Gasteiger partial charge on any atom is -0.469 e. The molecule has 2 N–H and O–H groups in total. The van der Waals surface area contributed by atoms with E-state index < -0.39 is 0 Å². The minimum absolute atomic E-state index is 0.184. The predicted octanol–water partition coefficient (Wildman–Crippen LogP) is 0.401. The lowest BCUT2D eigenvalue weighted by Crippen LogP contribution is -2.25. The van der Waals surface area contributed by atoms with Crippen molar-refractivity contribution in [2.75, 3.05) is 13.7 Å². The Hall–Kier alpha value is -1.85. The van der Waals surface area contributed by atoms with Crippen molar-refractivity contribution < 1.29 is 14.3 Å². The van der Waals surface area contributed by atoms with E-state index in [2.05, 4.69) is 20.3 Å². The number of ether oxygens (including phenoxy) is 1. The first-order valence-electron chi connectivity index (χ1n) is 5.00. The van der Waals surface area contributed by atoms with Crippen LogP contribution in [0.3, 0.4) is 0 Å². The number of carbonyl (C=O) groups is 2. The Bertz CT molecular complexity index is 373. The molecule has 1 amide bonds. The number of nitrogens with zero attached hydrogens (tertiary/aromatic N) is 1. The first-order chi connectivity index (χ1) is 7.65. The van der Waals surface area contributed by atoms with E-state index in [0.29, 0.717) is 24.9 Å². The average Bonchev–Trinajstić information content (AvgIpc) is 2.70. The quantitative estimate of drug-likeness (QED) is 0.561. The summed E-state index contributed by atoms with van der Waals surface area (Å²) in [5, 5.41) is 9.13. The number of aryl methyl sites for hydroxylation is 1. The van der Waals surface area contributed by atoms with E-state index in [1.54, 1.807) is 6.92 Å². The largest absolute Gasteiger partial charge is 0.469 e. The van der Waals surface area contributed by atoms with E-state index in [4.69, 9.17) is 0 Å². The summed E-state index contributed by atoms with van der Waals surface area (Å²) in [4.78, 5) is 22.3. The lowest BCUT2D eigenvalue weighted by molar-refractivity contribution is -0.140. The first-order valence-corrected chi connectivity index (χ1v) is 5.00. The van der Waals surface area contributed by atoms with Gasteiger partial charge in [0, 0.05) is 18.7 Å². The third-order valence-electron chi connectivity index (χ3n) is 2.15. The summed E-state index contributed by atoms with van der Waals surface area (Å²) in [6.45, 7) is 2.22. The Morgan fingerprint density at radius 1 is 1.56 bits per heavy atom. The van der Waals surface area contributed by atoms with Gasteiger partial charge in [0.1, 0.15) is 0 Å². The number of methoxy groups -OCH3 is 1. The van der Waals surface area contributed by atoms with Crippen molar-refractivity contribution in [2.45, 2.75) is 19.8 Å². The van der Waals surface area contributed by atoms with Crippen LogP contribution in [0.25, 0.3) is 0 Å². The number of amides is 1. The number of rotatable bonds is 5. The van der Waals surface area contributed by atoms with Crippen molar-refractivity contribution in [1.29, 1.82) is 0 Å². The Labute approximate surface area is 93.4 Å². The summed E-state index contributed by atoms with van der Waals surface area (Å²) >= 11 is 0. The number of hydrogen-bond donors (Lipinski definition) is 2. The maximum Gasteiger partial charge on any atom is 0.305 e. The summed E-state index contributed by atoms with van der Waals surface area (Å²) in [5.74, 6) is -0.454. The van der Waals surface area contributed by atoms with Gasteiger partial charge in [-0.15, -0.1) is 0 Å². The Morgan fingerprint density at radius 2 is 2.31 bits per heavy atom. The van der Waals surface area contributed by atoms with E-state index in [0.717, 1.165) is 5.69 Å². The maximum absolute atomic E-state index is 11.6. The molecule has 1 heterocycles. The number of aromatic nitrogens is 2. The molecule has 6 heteroatoms. The molecule has 1 rings (SSSR count). The van der Waals surface area contributed by atoms with Crippen molar-refractivity contribution in [2.24, 2.45) is 0 Å². The highest BCUT2D eigenvalue weighted by atomic mass is 16.5. The van der Waals surface area contributed by atoms with Gasteiger partial charge in [0.2, 0.25) is 0 Å². The van der Waals surface area contributed by atoms with E-state index in [1.807, 2.05) is 0 Å². The fraction of sp³-hybridized carbons (Fsp3) is 0.500. The standard InChI is InChI=1S/C10H15N3O3/c1-7-8(6-12-13-7)10(15)11-5-3-4-9(14)16-2/h6H,3-5H2,1-2H3,(H,11,15)(H,12,13). The number of hydrogen-bond acceptors (Lipinski definition) is 4. The van der Waals surface area contributed by atoms with Gasteiger partial charge < -0.3 is 10.1 Å². The molecule has 6 nitrogen and oxygen atoms in total. The molecule has 0 aliphatic heterocycles. The molecule has 0 saturated carbocycles. The monoisotopic (exact) mass is 225 g/mol. The summed E-state index contributed by atoms with van der Waals surface area (Å²) in [6.07, 6.45) is 2.35. The third kappa shape index (κ3) is 3.38. The lowest BCUT2D eigenvalue weighted by Gasteiger charge is -2.03. The molecule has 0 radical (unpaired) electrons. The van der Waals surface area contributed by atoms with Gasteiger partial charge in [-0.1, -0.05) is 0 Å². The Kier molecular flexibility index (Phi) is 4.50. The molecule has 1 aromatic heterocycles. The smallest absolute Gasteiger partial charge is 0.305 e. The van der Waals surface area contributed by atoms with E-state index in [9.17, 15) is 9.59 Å². The highest BCUT2D eigenvalue weighted by molar-refractivity contribution is 5.94. The predicted molar refractivity (Wildman–Crippen MR) is 56.9 cm³/mol. The van der Waals surface area contributed by atoms with Gasteiger partial charge in [-0.05, 0) is 13.3 Å². The molecule has 88 valence electrons. The SMILES string of the molecule is COC(=O)CCCNC(=O)c1cn[nH]c1C. The van der Waals surface area contributed by atoms with Crippen LogP contribution < -0.4 is 5.32 Å². The second kappa shape index (κ2) is 5.89. The molecule has 1 aromatic rings. The summed E-state index contributed by atoms with van der Waals surface area (Å²) in [5.41, 5.74) is 1.25. The number of nitrogens with one attached hydrogen (secondary N) is 2. The lowest BCUT2D eigenvalue weighted by atomic mass is 10.2. The molecule has 0 spiro atoms. The topological polar surface area (TPSA) is 84.1 Å². The summed E-state index contributed by atoms with van der Waals surface area (Å²) < 4.78 is 4.48. The van der Waals surface area contributed by atoms with E-state index >= 15 is 0 Å². The molecule has 0 fully saturated rings. The van der Waals surface area contributed by atoms with Crippen LogP contribution >= 0.6 is 0 Å². The highest BCUT2D eigenvalue weighted by Crippen LogP contribution is 2.01. The molecule has 0 aliphatic rings. The zero-order chi connectivity index (χ0) is 12.0. The Morgan fingerprint density at radius 3 is 2.88 bits per heavy atom. The molecule has 0 unspecified atom stereocenters. The van der Waals surface area contributed by atoms with Crippen molar-refractivity contribution in [3.05, 3.63) is 17.5 Å². The summed E-state index contributed by atoms with van der Waals surface area (Å²) in [6, 6.07) is 0. The van der Waals surface area contributed by atoms with Gasteiger partial charge >= 0.3 is 5.97 Å². The molecular formula is C10H15N3O3. The van der Waals surface area contributed by atoms with E-state index in [-0.39, 0.29) is 11.9 Å². The second-order valence-corrected chi connectivity index (χ2v) is 3.34.